The summed E-state index contributed by atoms with van der Waals surface area (Å²) in [4.78, 5) is 8.45. The van der Waals surface area contributed by atoms with Crippen molar-refractivity contribution in [3.05, 3.63) is 45.8 Å². The Bertz CT molecular complexity index is 537. The number of nitrogens with zero attached hydrogens (tertiary/aromatic N) is 2. The van der Waals surface area contributed by atoms with E-state index in [4.69, 9.17) is 4.98 Å². The Kier molecular flexibility index (Phi) is 6.21. The molecule has 1 N–H and O–H groups in total. The highest BCUT2D eigenvalue weighted by atomic mass is 32.1. The molecule has 114 valence electrons. The van der Waals surface area contributed by atoms with Crippen LogP contribution in [0.15, 0.2) is 29.6 Å². The normalized spacial score (nSPS) is 10.8. The van der Waals surface area contributed by atoms with Crippen LogP contribution in [0, 0.1) is 0 Å². The Morgan fingerprint density at radius 3 is 2.81 bits per heavy atom. The molecule has 0 atom stereocenters. The standard InChI is InChI=1S/C17H25N3S/c1-4-15-11-14(13-18-5-2)12-17(19-15)20(3)9-8-16-7-6-10-21-16/h6-7,10-12,18H,4-5,8-9,13H2,1-3H3. The van der Waals surface area contributed by atoms with Crippen LogP contribution in [0.4, 0.5) is 5.82 Å². The zero-order valence-corrected chi connectivity index (χ0v) is 14.0. The van der Waals surface area contributed by atoms with Crippen molar-refractivity contribution in [2.45, 2.75) is 33.2 Å². The van der Waals surface area contributed by atoms with Gasteiger partial charge in [0.1, 0.15) is 5.82 Å². The number of hydrogen-bond donors (Lipinski definition) is 1. The molecule has 0 bridgehead atoms. The molecule has 4 heteroatoms. The van der Waals surface area contributed by atoms with Gasteiger partial charge in [0.25, 0.3) is 0 Å². The lowest BCUT2D eigenvalue weighted by molar-refractivity contribution is 0.723. The summed E-state index contributed by atoms with van der Waals surface area (Å²) in [5, 5.41) is 5.53. The number of pyridine rings is 1. The fourth-order valence-corrected chi connectivity index (χ4v) is 2.93. The van der Waals surface area contributed by atoms with Gasteiger partial charge in [-0.15, -0.1) is 11.3 Å². The summed E-state index contributed by atoms with van der Waals surface area (Å²) >= 11 is 1.82. The molecule has 0 saturated heterocycles. The summed E-state index contributed by atoms with van der Waals surface area (Å²) < 4.78 is 0. The first-order valence-electron chi connectivity index (χ1n) is 7.67. The van der Waals surface area contributed by atoms with Crippen LogP contribution in [0.25, 0.3) is 0 Å². The van der Waals surface area contributed by atoms with E-state index in [9.17, 15) is 0 Å². The fraction of sp³-hybridized carbons (Fsp3) is 0.471. The number of likely N-dealkylation sites (N-methyl/N-ethyl adjacent to an activating group) is 1. The molecule has 2 rings (SSSR count). The lowest BCUT2D eigenvalue weighted by Crippen LogP contribution is -2.22. The van der Waals surface area contributed by atoms with Crippen LogP contribution in [-0.4, -0.2) is 25.1 Å². The molecule has 0 aromatic carbocycles. The van der Waals surface area contributed by atoms with Crippen LogP contribution in [0.3, 0.4) is 0 Å². The highest BCUT2D eigenvalue weighted by Gasteiger charge is 2.07. The predicted octanol–water partition coefficient (Wildman–Crippen LogP) is 3.49. The van der Waals surface area contributed by atoms with E-state index in [0.29, 0.717) is 0 Å². The smallest absolute Gasteiger partial charge is 0.128 e. The SMILES string of the molecule is CCNCc1cc(CC)nc(N(C)CCc2cccs2)c1. The number of thiophene rings is 1. The van der Waals surface area contributed by atoms with Gasteiger partial charge in [0, 0.05) is 30.7 Å². The van der Waals surface area contributed by atoms with E-state index >= 15 is 0 Å². The van der Waals surface area contributed by atoms with Gasteiger partial charge >= 0.3 is 0 Å². The Balaban J connectivity index is 2.05. The van der Waals surface area contributed by atoms with Crippen molar-refractivity contribution >= 4 is 17.2 Å². The van der Waals surface area contributed by atoms with Gasteiger partial charge in [-0.1, -0.05) is 19.9 Å². The van der Waals surface area contributed by atoms with Gasteiger partial charge in [-0.25, -0.2) is 4.98 Å². The third-order valence-electron chi connectivity index (χ3n) is 3.53. The number of aromatic nitrogens is 1. The summed E-state index contributed by atoms with van der Waals surface area (Å²) in [6, 6.07) is 8.73. The summed E-state index contributed by atoms with van der Waals surface area (Å²) in [5.41, 5.74) is 2.49. The van der Waals surface area contributed by atoms with Gasteiger partial charge < -0.3 is 10.2 Å². The van der Waals surface area contributed by atoms with Crippen LogP contribution in [0.5, 0.6) is 0 Å². The van der Waals surface area contributed by atoms with Crippen LogP contribution in [0.2, 0.25) is 0 Å². The first kappa shape index (κ1) is 16.0. The topological polar surface area (TPSA) is 28.2 Å². The second-order valence-corrected chi connectivity index (χ2v) is 6.24. The monoisotopic (exact) mass is 303 g/mol. The number of hydrogen-bond acceptors (Lipinski definition) is 4. The van der Waals surface area contributed by atoms with Gasteiger partial charge in [-0.2, -0.15) is 0 Å². The van der Waals surface area contributed by atoms with E-state index in [2.05, 4.69) is 60.8 Å². The number of anilines is 1. The zero-order chi connectivity index (χ0) is 15.1. The second kappa shape index (κ2) is 8.15. The minimum atomic E-state index is 0.914. The Morgan fingerprint density at radius 1 is 1.29 bits per heavy atom. The molecule has 2 heterocycles. The Labute approximate surface area is 132 Å². The van der Waals surface area contributed by atoms with Gasteiger partial charge in [0.15, 0.2) is 0 Å². The van der Waals surface area contributed by atoms with Crippen molar-refractivity contribution in [3.8, 4) is 0 Å². The van der Waals surface area contributed by atoms with E-state index in [1.54, 1.807) is 0 Å². The molecule has 0 radical (unpaired) electrons. The molecule has 2 aromatic heterocycles. The first-order valence-corrected chi connectivity index (χ1v) is 8.55. The Morgan fingerprint density at radius 2 is 2.14 bits per heavy atom. The van der Waals surface area contributed by atoms with Crippen molar-refractivity contribution in [2.24, 2.45) is 0 Å². The largest absolute Gasteiger partial charge is 0.359 e. The third-order valence-corrected chi connectivity index (χ3v) is 4.47. The van der Waals surface area contributed by atoms with Gasteiger partial charge in [0.2, 0.25) is 0 Å². The molecule has 0 unspecified atom stereocenters. The van der Waals surface area contributed by atoms with Crippen molar-refractivity contribution < 1.29 is 0 Å². The highest BCUT2D eigenvalue weighted by Crippen LogP contribution is 2.16. The molecule has 0 saturated carbocycles. The maximum absolute atomic E-state index is 4.76. The number of rotatable bonds is 8. The maximum atomic E-state index is 4.76. The summed E-state index contributed by atoms with van der Waals surface area (Å²) in [6.07, 6.45) is 2.06. The molecule has 21 heavy (non-hydrogen) atoms. The van der Waals surface area contributed by atoms with E-state index < -0.39 is 0 Å². The van der Waals surface area contributed by atoms with Gasteiger partial charge in [0.05, 0.1) is 0 Å². The molecule has 2 aromatic rings. The lowest BCUT2D eigenvalue weighted by atomic mass is 10.2. The van der Waals surface area contributed by atoms with Crippen LogP contribution in [-0.2, 0) is 19.4 Å². The molecule has 3 nitrogen and oxygen atoms in total. The maximum Gasteiger partial charge on any atom is 0.128 e. The summed E-state index contributed by atoms with van der Waals surface area (Å²) in [7, 11) is 2.13. The van der Waals surface area contributed by atoms with Crippen molar-refractivity contribution in [1.29, 1.82) is 0 Å². The number of nitrogens with one attached hydrogen (secondary N) is 1. The van der Waals surface area contributed by atoms with E-state index in [1.165, 1.54) is 16.1 Å². The van der Waals surface area contributed by atoms with Crippen LogP contribution in [0.1, 0.15) is 30.0 Å². The molecule has 0 amide bonds. The van der Waals surface area contributed by atoms with E-state index in [0.717, 1.165) is 38.3 Å². The van der Waals surface area contributed by atoms with Crippen LogP contribution >= 0.6 is 11.3 Å². The first-order chi connectivity index (χ1) is 10.2. The third kappa shape index (κ3) is 4.83. The van der Waals surface area contributed by atoms with Crippen molar-refractivity contribution in [2.75, 3.05) is 25.0 Å². The van der Waals surface area contributed by atoms with E-state index in [1.807, 2.05) is 11.3 Å². The minimum absolute atomic E-state index is 0.914. The molecular weight excluding hydrogens is 278 g/mol. The predicted molar refractivity (Wildman–Crippen MR) is 92.3 cm³/mol. The zero-order valence-electron chi connectivity index (χ0n) is 13.2. The minimum Gasteiger partial charge on any atom is -0.359 e. The van der Waals surface area contributed by atoms with Crippen molar-refractivity contribution in [1.82, 2.24) is 10.3 Å². The van der Waals surface area contributed by atoms with E-state index in [-0.39, 0.29) is 0 Å². The fourth-order valence-electron chi connectivity index (χ4n) is 2.23. The van der Waals surface area contributed by atoms with Crippen LogP contribution < -0.4 is 10.2 Å². The highest BCUT2D eigenvalue weighted by molar-refractivity contribution is 7.09. The summed E-state index contributed by atoms with van der Waals surface area (Å²) in [5.74, 6) is 1.08. The molecule has 0 spiro atoms. The average molecular weight is 303 g/mol. The quantitative estimate of drug-likeness (QED) is 0.809. The van der Waals surface area contributed by atoms with Gasteiger partial charge in [-0.3, -0.25) is 0 Å². The second-order valence-electron chi connectivity index (χ2n) is 5.21. The molecular formula is C17H25N3S. The lowest BCUT2D eigenvalue weighted by Gasteiger charge is -2.19. The average Bonchev–Trinajstić information content (AvgIpc) is 3.03. The summed E-state index contributed by atoms with van der Waals surface area (Å²) in [6.45, 7) is 7.21. The molecule has 0 aliphatic carbocycles. The Hall–Kier alpha value is -1.39. The van der Waals surface area contributed by atoms with Gasteiger partial charge in [-0.05, 0) is 48.5 Å². The number of aryl methyl sites for hydroxylation is 1. The molecule has 0 aliphatic heterocycles. The van der Waals surface area contributed by atoms with Crippen molar-refractivity contribution in [3.63, 3.8) is 0 Å². The molecule has 0 fully saturated rings. The molecule has 0 aliphatic rings.